The average molecular weight is 238 g/mol. The van der Waals surface area contributed by atoms with Crippen molar-refractivity contribution in [2.24, 2.45) is 0 Å². The molecule has 4 heteroatoms. The number of nitrogens with zero attached hydrogens (tertiary/aromatic N) is 2. The van der Waals surface area contributed by atoms with Crippen LogP contribution in [-0.2, 0) is 0 Å². The summed E-state index contributed by atoms with van der Waals surface area (Å²) in [5.41, 5.74) is 3.03. The molecule has 0 aliphatic carbocycles. The molecule has 0 spiro atoms. The Morgan fingerprint density at radius 3 is 2.61 bits per heavy atom. The van der Waals surface area contributed by atoms with Gasteiger partial charge in [-0.3, -0.25) is 4.63 Å². The lowest BCUT2D eigenvalue weighted by molar-refractivity contribution is -0.782. The van der Waals surface area contributed by atoms with E-state index in [1.807, 2.05) is 48.6 Å². The predicted molar refractivity (Wildman–Crippen MR) is 68.3 cm³/mol. The topological polar surface area (TPSA) is 53.0 Å². The second kappa shape index (κ2) is 4.33. The Morgan fingerprint density at radius 2 is 1.78 bits per heavy atom. The lowest BCUT2D eigenvalue weighted by atomic mass is 10.1. The van der Waals surface area contributed by atoms with Gasteiger partial charge >= 0.3 is 0 Å². The first-order chi connectivity index (χ1) is 8.83. The average Bonchev–Trinajstić information content (AvgIpc) is 2.79. The second-order valence-electron chi connectivity index (χ2n) is 3.92. The van der Waals surface area contributed by atoms with Gasteiger partial charge in [-0.05, 0) is 22.1 Å². The Labute approximate surface area is 103 Å². The van der Waals surface area contributed by atoms with E-state index in [4.69, 9.17) is 0 Å². The molecule has 2 aromatic carbocycles. The van der Waals surface area contributed by atoms with Crippen molar-refractivity contribution in [1.82, 2.24) is 5.16 Å². The summed E-state index contributed by atoms with van der Waals surface area (Å²) in [5, 5.41) is 14.9. The molecule has 1 aromatic heterocycles. The van der Waals surface area contributed by atoms with Crippen LogP contribution in [0.2, 0.25) is 0 Å². The first kappa shape index (κ1) is 10.5. The van der Waals surface area contributed by atoms with Crippen molar-refractivity contribution in [3.05, 3.63) is 64.9 Å². The third-order valence-electron chi connectivity index (χ3n) is 2.68. The molecule has 18 heavy (non-hydrogen) atoms. The van der Waals surface area contributed by atoms with Gasteiger partial charge in [-0.25, -0.2) is 0 Å². The Bertz CT molecular complexity index is 702. The fraction of sp³-hybridized carbons (Fsp3) is 0. The van der Waals surface area contributed by atoms with Crippen LogP contribution in [0.1, 0.15) is 11.1 Å². The lowest BCUT2D eigenvalue weighted by Gasteiger charge is -1.93. The minimum atomic E-state index is 0.412. The van der Waals surface area contributed by atoms with Gasteiger partial charge in [0.25, 0.3) is 0 Å². The van der Waals surface area contributed by atoms with E-state index in [1.165, 1.54) is 0 Å². The molecule has 0 saturated carbocycles. The van der Waals surface area contributed by atoms with Crippen molar-refractivity contribution in [3.63, 3.8) is 0 Å². The van der Waals surface area contributed by atoms with Crippen molar-refractivity contribution >= 4 is 23.2 Å². The molecule has 3 rings (SSSR count). The van der Waals surface area contributed by atoms with Crippen LogP contribution in [0, 0.1) is 5.21 Å². The quantitative estimate of drug-likeness (QED) is 0.509. The van der Waals surface area contributed by atoms with Crippen LogP contribution in [0.25, 0.3) is 23.2 Å². The molecular formula is C14H10N2O2. The van der Waals surface area contributed by atoms with Crippen molar-refractivity contribution in [2.45, 2.75) is 0 Å². The standard InChI is InChI=1S/C14H10N2O2/c17-16-14-10-12(8-9-13(14)15-18-16)7-6-11-4-2-1-3-5-11/h1-10H/b7-6+. The van der Waals surface area contributed by atoms with Crippen LogP contribution in [-0.4, -0.2) is 5.16 Å². The van der Waals surface area contributed by atoms with Gasteiger partial charge in [-0.15, -0.1) is 0 Å². The highest BCUT2D eigenvalue weighted by atomic mass is 16.8. The fourth-order valence-electron chi connectivity index (χ4n) is 1.75. The third-order valence-corrected chi connectivity index (χ3v) is 2.68. The van der Waals surface area contributed by atoms with E-state index in [0.717, 1.165) is 11.1 Å². The summed E-state index contributed by atoms with van der Waals surface area (Å²) >= 11 is 0. The van der Waals surface area contributed by atoms with Gasteiger partial charge in [0.2, 0.25) is 11.0 Å². The van der Waals surface area contributed by atoms with Crippen molar-refractivity contribution < 1.29 is 9.53 Å². The van der Waals surface area contributed by atoms with Gasteiger partial charge in [0.1, 0.15) is 0 Å². The van der Waals surface area contributed by atoms with E-state index in [9.17, 15) is 5.21 Å². The minimum absolute atomic E-state index is 0.412. The zero-order chi connectivity index (χ0) is 12.4. The highest BCUT2D eigenvalue weighted by molar-refractivity contribution is 5.77. The van der Waals surface area contributed by atoms with Crippen LogP contribution < -0.4 is 4.90 Å². The van der Waals surface area contributed by atoms with Gasteiger partial charge in [-0.2, -0.15) is 0 Å². The van der Waals surface area contributed by atoms with Crippen molar-refractivity contribution in [1.29, 1.82) is 0 Å². The summed E-state index contributed by atoms with van der Waals surface area (Å²) in [6, 6.07) is 15.4. The van der Waals surface area contributed by atoms with E-state index in [-0.39, 0.29) is 0 Å². The fourth-order valence-corrected chi connectivity index (χ4v) is 1.75. The predicted octanol–water partition coefficient (Wildman–Crippen LogP) is 2.63. The van der Waals surface area contributed by atoms with E-state index >= 15 is 0 Å². The van der Waals surface area contributed by atoms with Crippen molar-refractivity contribution in [3.8, 4) is 0 Å². The molecule has 0 aliphatic heterocycles. The number of fused-ring (bicyclic) bond motifs is 1. The van der Waals surface area contributed by atoms with Crippen LogP contribution >= 0.6 is 0 Å². The molecule has 0 fully saturated rings. The molecule has 0 radical (unpaired) electrons. The molecule has 1 heterocycles. The lowest BCUT2D eigenvalue weighted by Crippen LogP contribution is -2.22. The van der Waals surface area contributed by atoms with Crippen LogP contribution in [0.15, 0.2) is 53.2 Å². The normalized spacial score (nSPS) is 11.3. The van der Waals surface area contributed by atoms with E-state index < -0.39 is 0 Å². The van der Waals surface area contributed by atoms with E-state index in [1.54, 1.807) is 12.1 Å². The molecule has 0 bridgehead atoms. The zero-order valence-corrected chi connectivity index (χ0v) is 9.48. The molecule has 0 atom stereocenters. The maximum Gasteiger partial charge on any atom is 0.248 e. The Hall–Kier alpha value is -2.62. The largest absolute Gasteiger partial charge is 0.359 e. The molecule has 0 amide bonds. The molecule has 3 aromatic rings. The summed E-state index contributed by atoms with van der Waals surface area (Å²) in [6.07, 6.45) is 3.94. The SMILES string of the molecule is [O-][n+]1onc2ccc(/C=C/c3ccccc3)cc21. The maximum absolute atomic E-state index is 11.3. The Balaban J connectivity index is 1.95. The molecular weight excluding hydrogens is 228 g/mol. The summed E-state index contributed by atoms with van der Waals surface area (Å²) in [6.45, 7) is 0. The van der Waals surface area contributed by atoms with Gasteiger partial charge in [0.15, 0.2) is 0 Å². The van der Waals surface area contributed by atoms with E-state index in [0.29, 0.717) is 15.9 Å². The Morgan fingerprint density at radius 1 is 1.00 bits per heavy atom. The minimum Gasteiger partial charge on any atom is -0.359 e. The number of rotatable bonds is 2. The smallest absolute Gasteiger partial charge is 0.248 e. The monoisotopic (exact) mass is 238 g/mol. The molecule has 0 unspecified atom stereocenters. The van der Waals surface area contributed by atoms with Gasteiger partial charge in [0.05, 0.1) is 0 Å². The first-order valence-electron chi connectivity index (χ1n) is 5.55. The number of hydrogen-bond donors (Lipinski definition) is 0. The molecule has 0 saturated heterocycles. The molecule has 4 nitrogen and oxygen atoms in total. The third kappa shape index (κ3) is 1.96. The maximum atomic E-state index is 11.3. The zero-order valence-electron chi connectivity index (χ0n) is 9.48. The van der Waals surface area contributed by atoms with Gasteiger partial charge in [0, 0.05) is 11.2 Å². The molecule has 0 N–H and O–H groups in total. The summed E-state index contributed by atoms with van der Waals surface area (Å²) in [7, 11) is 0. The van der Waals surface area contributed by atoms with Crippen molar-refractivity contribution in [2.75, 3.05) is 0 Å². The van der Waals surface area contributed by atoms with Crippen LogP contribution in [0.4, 0.5) is 0 Å². The Kier molecular flexibility index (Phi) is 2.53. The number of hydrogen-bond acceptors (Lipinski definition) is 3. The number of aromatic nitrogens is 2. The van der Waals surface area contributed by atoms with Gasteiger partial charge in [-0.1, -0.05) is 48.6 Å². The summed E-state index contributed by atoms with van der Waals surface area (Å²) in [4.78, 5) is 0.412. The van der Waals surface area contributed by atoms with Crippen LogP contribution in [0.5, 0.6) is 0 Å². The van der Waals surface area contributed by atoms with E-state index in [2.05, 4.69) is 9.79 Å². The summed E-state index contributed by atoms with van der Waals surface area (Å²) in [5.74, 6) is 0. The first-order valence-corrected chi connectivity index (χ1v) is 5.55. The molecule has 0 aliphatic rings. The highest BCUT2D eigenvalue weighted by Gasteiger charge is 2.07. The second-order valence-corrected chi connectivity index (χ2v) is 3.92. The highest BCUT2D eigenvalue weighted by Crippen LogP contribution is 2.13. The van der Waals surface area contributed by atoms with Gasteiger partial charge < -0.3 is 5.21 Å². The number of benzene rings is 2. The molecule has 88 valence electrons. The summed E-state index contributed by atoms with van der Waals surface area (Å²) < 4.78 is 4.52. The van der Waals surface area contributed by atoms with Crippen LogP contribution in [0.3, 0.4) is 0 Å².